The maximum atomic E-state index is 5.98. The highest BCUT2D eigenvalue weighted by atomic mass is 79.9. The molecule has 2 rings (SSSR count). The molecule has 2 aromatic rings. The van der Waals surface area contributed by atoms with Crippen molar-refractivity contribution >= 4 is 38.9 Å². The molecular weight excluding hydrogens is 336 g/mol. The van der Waals surface area contributed by atoms with Crippen molar-refractivity contribution < 1.29 is 4.74 Å². The molecule has 96 valence electrons. The zero-order valence-electron chi connectivity index (χ0n) is 9.64. The van der Waals surface area contributed by atoms with Gasteiger partial charge in [-0.2, -0.15) is 0 Å². The predicted molar refractivity (Wildman–Crippen MR) is 78.3 cm³/mol. The third-order valence-corrected chi connectivity index (χ3v) is 4.25. The summed E-state index contributed by atoms with van der Waals surface area (Å²) in [5.41, 5.74) is 5.98. The molecule has 3 nitrogen and oxygen atoms in total. The van der Waals surface area contributed by atoms with Gasteiger partial charge in [0.1, 0.15) is 11.9 Å². The molecule has 0 radical (unpaired) electrons. The van der Waals surface area contributed by atoms with Crippen LogP contribution in [0.25, 0.3) is 0 Å². The first kappa shape index (κ1) is 13.8. The fourth-order valence-corrected chi connectivity index (χ4v) is 3.26. The highest BCUT2D eigenvalue weighted by molar-refractivity contribution is 9.10. The van der Waals surface area contributed by atoms with Crippen molar-refractivity contribution in [2.45, 2.75) is 19.1 Å². The van der Waals surface area contributed by atoms with Crippen LogP contribution < -0.4 is 10.5 Å². The Morgan fingerprint density at radius 1 is 1.44 bits per heavy atom. The van der Waals surface area contributed by atoms with Crippen molar-refractivity contribution in [3.05, 3.63) is 44.3 Å². The Bertz CT molecular complexity index is 532. The number of hydrogen-bond acceptors (Lipinski definition) is 4. The van der Waals surface area contributed by atoms with Crippen molar-refractivity contribution in [1.82, 2.24) is 4.98 Å². The predicted octanol–water partition coefficient (Wildman–Crippen LogP) is 4.03. The molecule has 0 saturated heterocycles. The molecule has 0 aliphatic rings. The Labute approximate surface area is 123 Å². The van der Waals surface area contributed by atoms with Gasteiger partial charge in [-0.1, -0.05) is 11.6 Å². The summed E-state index contributed by atoms with van der Waals surface area (Å²) in [6.07, 6.45) is 2.99. The first-order valence-corrected chi connectivity index (χ1v) is 7.38. The third-order valence-electron chi connectivity index (χ3n) is 2.29. The summed E-state index contributed by atoms with van der Waals surface area (Å²) in [6.45, 7) is 1.91. The van der Waals surface area contributed by atoms with Gasteiger partial charge in [0.25, 0.3) is 0 Å². The molecule has 18 heavy (non-hydrogen) atoms. The van der Waals surface area contributed by atoms with Crippen molar-refractivity contribution in [2.75, 3.05) is 0 Å². The van der Waals surface area contributed by atoms with Crippen LogP contribution in [-0.4, -0.2) is 11.0 Å². The van der Waals surface area contributed by atoms with Gasteiger partial charge in [-0.15, -0.1) is 11.3 Å². The SMILES string of the molecule is CC(N)C(Oc1cncc(Cl)c1)c1cc(Br)cs1. The fraction of sp³-hybridized carbons (Fsp3) is 0.250. The molecule has 6 heteroatoms. The minimum absolute atomic E-state index is 0.130. The molecule has 0 fully saturated rings. The number of ether oxygens (including phenoxy) is 1. The molecule has 0 aliphatic heterocycles. The van der Waals surface area contributed by atoms with Gasteiger partial charge in [-0.05, 0) is 28.9 Å². The lowest BCUT2D eigenvalue weighted by molar-refractivity contribution is 0.183. The highest BCUT2D eigenvalue weighted by Crippen LogP contribution is 2.31. The first-order chi connectivity index (χ1) is 8.56. The van der Waals surface area contributed by atoms with E-state index in [1.165, 1.54) is 0 Å². The highest BCUT2D eigenvalue weighted by Gasteiger charge is 2.20. The summed E-state index contributed by atoms with van der Waals surface area (Å²) in [4.78, 5) is 5.06. The number of nitrogens with zero attached hydrogens (tertiary/aromatic N) is 1. The Morgan fingerprint density at radius 2 is 2.22 bits per heavy atom. The first-order valence-electron chi connectivity index (χ1n) is 5.33. The Hall–Kier alpha value is -0.620. The van der Waals surface area contributed by atoms with Crippen LogP contribution in [0.3, 0.4) is 0 Å². The number of rotatable bonds is 4. The van der Waals surface area contributed by atoms with Crippen LogP contribution in [-0.2, 0) is 0 Å². The standard InChI is InChI=1S/C12H12BrClN2OS/c1-7(15)12(11-2-8(13)6-18-11)17-10-3-9(14)4-16-5-10/h2-7,12H,15H2,1H3. The van der Waals surface area contributed by atoms with Crippen LogP contribution in [0.5, 0.6) is 5.75 Å². The van der Waals surface area contributed by atoms with Crippen LogP contribution >= 0.6 is 38.9 Å². The van der Waals surface area contributed by atoms with Gasteiger partial charge >= 0.3 is 0 Å². The van der Waals surface area contributed by atoms with Crippen LogP contribution in [0.15, 0.2) is 34.4 Å². The Morgan fingerprint density at radius 3 is 2.78 bits per heavy atom. The zero-order chi connectivity index (χ0) is 13.1. The van der Waals surface area contributed by atoms with Gasteiger partial charge in [0, 0.05) is 33.0 Å². The van der Waals surface area contributed by atoms with E-state index in [1.54, 1.807) is 29.8 Å². The van der Waals surface area contributed by atoms with Crippen molar-refractivity contribution in [1.29, 1.82) is 0 Å². The summed E-state index contributed by atoms with van der Waals surface area (Å²) in [6, 6.07) is 3.61. The van der Waals surface area contributed by atoms with Crippen LogP contribution in [0.4, 0.5) is 0 Å². The number of halogens is 2. The van der Waals surface area contributed by atoms with Crippen molar-refractivity contribution in [3.63, 3.8) is 0 Å². The van der Waals surface area contributed by atoms with Crippen molar-refractivity contribution in [3.8, 4) is 5.75 Å². The lowest BCUT2D eigenvalue weighted by Crippen LogP contribution is -2.28. The van der Waals surface area contributed by atoms with E-state index in [0.29, 0.717) is 10.8 Å². The minimum Gasteiger partial charge on any atom is -0.482 e. The molecule has 0 saturated carbocycles. The molecule has 2 N–H and O–H groups in total. The number of thiophene rings is 1. The second-order valence-corrected chi connectivity index (χ2v) is 6.20. The monoisotopic (exact) mass is 346 g/mol. The van der Waals surface area contributed by atoms with E-state index in [0.717, 1.165) is 9.35 Å². The summed E-state index contributed by atoms with van der Waals surface area (Å²) in [5, 5.41) is 2.55. The van der Waals surface area contributed by atoms with Gasteiger partial charge in [-0.3, -0.25) is 4.98 Å². The Kier molecular flexibility index (Phi) is 4.61. The third kappa shape index (κ3) is 3.45. The van der Waals surface area contributed by atoms with E-state index >= 15 is 0 Å². The van der Waals surface area contributed by atoms with Gasteiger partial charge in [0.15, 0.2) is 0 Å². The maximum Gasteiger partial charge on any atom is 0.148 e. The number of aromatic nitrogens is 1. The average molecular weight is 348 g/mol. The Balaban J connectivity index is 2.22. The van der Waals surface area contributed by atoms with Gasteiger partial charge < -0.3 is 10.5 Å². The number of nitrogens with two attached hydrogens (primary N) is 1. The van der Waals surface area contributed by atoms with Gasteiger partial charge in [0.2, 0.25) is 0 Å². The average Bonchev–Trinajstić information content (AvgIpc) is 2.72. The normalized spacial score (nSPS) is 14.2. The van der Waals surface area contributed by atoms with Gasteiger partial charge in [0.05, 0.1) is 11.2 Å². The number of hydrogen-bond donors (Lipinski definition) is 1. The topological polar surface area (TPSA) is 48.1 Å². The quantitative estimate of drug-likeness (QED) is 0.908. The van der Waals surface area contributed by atoms with E-state index in [9.17, 15) is 0 Å². The lowest BCUT2D eigenvalue weighted by atomic mass is 10.1. The molecule has 0 spiro atoms. The summed E-state index contributed by atoms with van der Waals surface area (Å²) >= 11 is 10.9. The molecular formula is C12H12BrClN2OS. The number of pyridine rings is 1. The second kappa shape index (κ2) is 6.02. The summed E-state index contributed by atoms with van der Waals surface area (Å²) in [5.74, 6) is 0.620. The van der Waals surface area contributed by atoms with E-state index in [1.807, 2.05) is 18.4 Å². The maximum absolute atomic E-state index is 5.98. The van der Waals surface area contributed by atoms with Crippen LogP contribution in [0.2, 0.25) is 5.02 Å². The molecule has 0 aliphatic carbocycles. The molecule has 2 aromatic heterocycles. The molecule has 0 amide bonds. The van der Waals surface area contributed by atoms with E-state index < -0.39 is 0 Å². The van der Waals surface area contributed by atoms with Crippen LogP contribution in [0, 0.1) is 0 Å². The van der Waals surface area contributed by atoms with E-state index in [2.05, 4.69) is 20.9 Å². The molecule has 0 bridgehead atoms. The zero-order valence-corrected chi connectivity index (χ0v) is 12.8. The lowest BCUT2D eigenvalue weighted by Gasteiger charge is -2.21. The van der Waals surface area contributed by atoms with E-state index in [-0.39, 0.29) is 12.1 Å². The second-order valence-electron chi connectivity index (χ2n) is 3.90. The molecule has 2 atom stereocenters. The smallest absolute Gasteiger partial charge is 0.148 e. The molecule has 0 aromatic carbocycles. The molecule has 2 unspecified atom stereocenters. The van der Waals surface area contributed by atoms with Gasteiger partial charge in [-0.25, -0.2) is 0 Å². The van der Waals surface area contributed by atoms with Crippen molar-refractivity contribution in [2.24, 2.45) is 5.73 Å². The summed E-state index contributed by atoms with van der Waals surface area (Å²) in [7, 11) is 0. The summed E-state index contributed by atoms with van der Waals surface area (Å²) < 4.78 is 6.90. The largest absolute Gasteiger partial charge is 0.482 e. The molecule has 2 heterocycles. The fourth-order valence-electron chi connectivity index (χ4n) is 1.51. The van der Waals surface area contributed by atoms with Crippen LogP contribution in [0.1, 0.15) is 17.9 Å². The minimum atomic E-state index is -0.207. The van der Waals surface area contributed by atoms with E-state index in [4.69, 9.17) is 22.1 Å².